The molecule has 1 fully saturated rings. The van der Waals surface area contributed by atoms with Gasteiger partial charge in [-0.15, -0.1) is 0 Å². The standard InChI is InChI=1S/C15H18F2O3/c1-2-20-12-5-3-4-11(10-12)14(13(18)19)6-8-15(16,17)9-7-14/h3-5,10H,2,6-9H2,1H3,(H,18,19). The average molecular weight is 284 g/mol. The summed E-state index contributed by atoms with van der Waals surface area (Å²) < 4.78 is 32.0. The molecule has 0 atom stereocenters. The highest BCUT2D eigenvalue weighted by molar-refractivity contribution is 5.81. The third-order valence-electron chi connectivity index (χ3n) is 3.94. The zero-order chi connectivity index (χ0) is 14.8. The molecule has 110 valence electrons. The number of alkyl halides is 2. The van der Waals surface area contributed by atoms with Gasteiger partial charge in [-0.2, -0.15) is 0 Å². The topological polar surface area (TPSA) is 46.5 Å². The Bertz CT molecular complexity index is 490. The average Bonchev–Trinajstić information content (AvgIpc) is 2.39. The molecule has 20 heavy (non-hydrogen) atoms. The molecule has 0 aliphatic heterocycles. The van der Waals surface area contributed by atoms with Crippen LogP contribution < -0.4 is 4.74 Å². The molecule has 1 N–H and O–H groups in total. The Balaban J connectivity index is 2.34. The van der Waals surface area contributed by atoms with Crippen LogP contribution in [0, 0.1) is 0 Å². The molecule has 1 aliphatic rings. The Kier molecular flexibility index (Phi) is 3.97. The number of carbonyl (C=O) groups is 1. The molecule has 0 radical (unpaired) electrons. The van der Waals surface area contributed by atoms with Gasteiger partial charge in [0.05, 0.1) is 12.0 Å². The van der Waals surface area contributed by atoms with E-state index in [1.165, 1.54) is 0 Å². The predicted molar refractivity (Wildman–Crippen MR) is 70.3 cm³/mol. The lowest BCUT2D eigenvalue weighted by Crippen LogP contribution is -2.42. The van der Waals surface area contributed by atoms with Crippen LogP contribution in [0.4, 0.5) is 8.78 Å². The van der Waals surface area contributed by atoms with E-state index in [0.29, 0.717) is 17.9 Å². The molecule has 1 saturated carbocycles. The van der Waals surface area contributed by atoms with Crippen molar-refractivity contribution < 1.29 is 23.4 Å². The fraction of sp³-hybridized carbons (Fsp3) is 0.533. The van der Waals surface area contributed by atoms with Crippen LogP contribution in [-0.2, 0) is 10.2 Å². The van der Waals surface area contributed by atoms with E-state index >= 15 is 0 Å². The minimum Gasteiger partial charge on any atom is -0.494 e. The summed E-state index contributed by atoms with van der Waals surface area (Å²) >= 11 is 0. The summed E-state index contributed by atoms with van der Waals surface area (Å²) in [5, 5.41) is 9.55. The van der Waals surface area contributed by atoms with Crippen LogP contribution >= 0.6 is 0 Å². The maximum atomic E-state index is 13.3. The van der Waals surface area contributed by atoms with Crippen molar-refractivity contribution in [3.63, 3.8) is 0 Å². The van der Waals surface area contributed by atoms with E-state index in [9.17, 15) is 18.7 Å². The Morgan fingerprint density at radius 2 is 1.95 bits per heavy atom. The summed E-state index contributed by atoms with van der Waals surface area (Å²) in [6.45, 7) is 2.31. The Hall–Kier alpha value is -1.65. The van der Waals surface area contributed by atoms with Gasteiger partial charge in [-0.05, 0) is 37.5 Å². The van der Waals surface area contributed by atoms with Crippen LogP contribution in [0.15, 0.2) is 24.3 Å². The Morgan fingerprint density at radius 3 is 2.50 bits per heavy atom. The minimum absolute atomic E-state index is 0.0507. The SMILES string of the molecule is CCOc1cccc(C2(C(=O)O)CCC(F)(F)CC2)c1. The van der Waals surface area contributed by atoms with Gasteiger partial charge in [0.25, 0.3) is 0 Å². The number of aliphatic carboxylic acids is 1. The summed E-state index contributed by atoms with van der Waals surface area (Å²) in [4.78, 5) is 11.7. The molecular formula is C15H18F2O3. The number of hydrogen-bond acceptors (Lipinski definition) is 2. The second kappa shape index (κ2) is 5.38. The van der Waals surface area contributed by atoms with Crippen LogP contribution in [0.5, 0.6) is 5.75 Å². The minimum atomic E-state index is -2.75. The van der Waals surface area contributed by atoms with Crippen LogP contribution in [0.25, 0.3) is 0 Å². The lowest BCUT2D eigenvalue weighted by molar-refractivity contribution is -0.149. The molecular weight excluding hydrogens is 266 g/mol. The molecule has 0 amide bonds. The predicted octanol–water partition coefficient (Wildman–Crippen LogP) is 3.62. The van der Waals surface area contributed by atoms with Gasteiger partial charge in [-0.25, -0.2) is 8.78 Å². The van der Waals surface area contributed by atoms with E-state index in [-0.39, 0.29) is 12.8 Å². The summed E-state index contributed by atoms with van der Waals surface area (Å²) in [6, 6.07) is 6.78. The third kappa shape index (κ3) is 2.76. The fourth-order valence-corrected chi connectivity index (χ4v) is 2.72. The van der Waals surface area contributed by atoms with E-state index in [1.807, 2.05) is 6.92 Å². The number of benzene rings is 1. The zero-order valence-corrected chi connectivity index (χ0v) is 11.4. The molecule has 1 aromatic rings. The van der Waals surface area contributed by atoms with Crippen molar-refractivity contribution in [2.75, 3.05) is 6.61 Å². The van der Waals surface area contributed by atoms with Gasteiger partial charge in [0.15, 0.2) is 0 Å². The van der Waals surface area contributed by atoms with Gasteiger partial charge in [0.2, 0.25) is 5.92 Å². The monoisotopic (exact) mass is 284 g/mol. The van der Waals surface area contributed by atoms with Crippen molar-refractivity contribution >= 4 is 5.97 Å². The lowest BCUT2D eigenvalue weighted by atomic mass is 9.68. The molecule has 2 rings (SSSR count). The van der Waals surface area contributed by atoms with Crippen molar-refractivity contribution in [2.45, 2.75) is 43.9 Å². The van der Waals surface area contributed by atoms with E-state index in [1.54, 1.807) is 24.3 Å². The summed E-state index contributed by atoms with van der Waals surface area (Å²) in [7, 11) is 0. The van der Waals surface area contributed by atoms with Gasteiger partial charge in [0, 0.05) is 12.8 Å². The lowest BCUT2D eigenvalue weighted by Gasteiger charge is -2.37. The highest BCUT2D eigenvalue weighted by Crippen LogP contribution is 2.46. The van der Waals surface area contributed by atoms with E-state index in [4.69, 9.17) is 4.74 Å². The maximum absolute atomic E-state index is 13.3. The number of rotatable bonds is 4. The van der Waals surface area contributed by atoms with Gasteiger partial charge >= 0.3 is 5.97 Å². The highest BCUT2D eigenvalue weighted by atomic mass is 19.3. The van der Waals surface area contributed by atoms with Crippen molar-refractivity contribution in [3.05, 3.63) is 29.8 Å². The fourth-order valence-electron chi connectivity index (χ4n) is 2.72. The van der Waals surface area contributed by atoms with Gasteiger partial charge in [-0.3, -0.25) is 4.79 Å². The molecule has 0 heterocycles. The first kappa shape index (κ1) is 14.8. The number of hydrogen-bond donors (Lipinski definition) is 1. The summed E-state index contributed by atoms with van der Waals surface area (Å²) in [5.41, 5.74) is -0.680. The first-order valence-corrected chi connectivity index (χ1v) is 6.74. The van der Waals surface area contributed by atoms with Crippen LogP contribution in [0.3, 0.4) is 0 Å². The van der Waals surface area contributed by atoms with E-state index in [2.05, 4.69) is 0 Å². The second-order valence-electron chi connectivity index (χ2n) is 5.20. The second-order valence-corrected chi connectivity index (χ2v) is 5.20. The number of halogens is 2. The van der Waals surface area contributed by atoms with Crippen LogP contribution in [-0.4, -0.2) is 23.6 Å². The van der Waals surface area contributed by atoms with Crippen molar-refractivity contribution in [1.82, 2.24) is 0 Å². The molecule has 1 aliphatic carbocycles. The maximum Gasteiger partial charge on any atom is 0.314 e. The Morgan fingerprint density at radius 1 is 1.30 bits per heavy atom. The quantitative estimate of drug-likeness (QED) is 0.918. The largest absolute Gasteiger partial charge is 0.494 e. The summed E-state index contributed by atoms with van der Waals surface area (Å²) in [5.74, 6) is -3.22. The van der Waals surface area contributed by atoms with E-state index in [0.717, 1.165) is 0 Å². The van der Waals surface area contributed by atoms with Gasteiger partial charge < -0.3 is 9.84 Å². The third-order valence-corrected chi connectivity index (χ3v) is 3.94. The molecule has 0 spiro atoms. The van der Waals surface area contributed by atoms with Crippen LogP contribution in [0.1, 0.15) is 38.2 Å². The molecule has 0 aromatic heterocycles. The summed E-state index contributed by atoms with van der Waals surface area (Å²) in [6.07, 6.45) is -0.883. The molecule has 1 aromatic carbocycles. The smallest absolute Gasteiger partial charge is 0.314 e. The van der Waals surface area contributed by atoms with Crippen molar-refractivity contribution in [3.8, 4) is 5.75 Å². The van der Waals surface area contributed by atoms with Gasteiger partial charge in [0.1, 0.15) is 5.75 Å². The van der Waals surface area contributed by atoms with Crippen LogP contribution in [0.2, 0.25) is 0 Å². The number of ether oxygens (including phenoxy) is 1. The van der Waals surface area contributed by atoms with Gasteiger partial charge in [-0.1, -0.05) is 12.1 Å². The normalized spacial score (nSPS) is 20.4. The molecule has 0 unspecified atom stereocenters. The zero-order valence-electron chi connectivity index (χ0n) is 11.4. The van der Waals surface area contributed by atoms with Crippen molar-refractivity contribution in [1.29, 1.82) is 0 Å². The van der Waals surface area contributed by atoms with Crippen molar-refractivity contribution in [2.24, 2.45) is 0 Å². The van der Waals surface area contributed by atoms with E-state index < -0.39 is 30.1 Å². The molecule has 0 saturated heterocycles. The first-order chi connectivity index (χ1) is 9.39. The highest BCUT2D eigenvalue weighted by Gasteiger charge is 2.49. The first-order valence-electron chi connectivity index (χ1n) is 6.74. The Labute approximate surface area is 116 Å². The number of carboxylic acids is 1. The number of carboxylic acid groups (broad SMARTS) is 1. The molecule has 5 heteroatoms. The molecule has 3 nitrogen and oxygen atoms in total. The molecule has 0 bridgehead atoms.